The van der Waals surface area contributed by atoms with Crippen LogP contribution in [0.15, 0.2) is 40.9 Å². The Labute approximate surface area is 124 Å². The van der Waals surface area contributed by atoms with E-state index in [-0.39, 0.29) is 0 Å². The Morgan fingerprint density at radius 2 is 1.56 bits per heavy atom. The summed E-state index contributed by atoms with van der Waals surface area (Å²) in [5.74, 6) is 1.74. The van der Waals surface area contributed by atoms with E-state index < -0.39 is 0 Å². The van der Waals surface area contributed by atoms with Gasteiger partial charge in [-0.25, -0.2) is 0 Å². The fraction of sp³-hybridized carbons (Fsp3) is 0.200. The van der Waals surface area contributed by atoms with Gasteiger partial charge in [-0.05, 0) is 60.9 Å². The van der Waals surface area contributed by atoms with Gasteiger partial charge in [-0.2, -0.15) is 0 Å². The number of benzene rings is 2. The lowest BCUT2D eigenvalue weighted by atomic mass is 10.1. The molecule has 0 bridgehead atoms. The van der Waals surface area contributed by atoms with E-state index in [1.807, 2.05) is 24.3 Å². The minimum atomic E-state index is 0.863. The molecule has 0 aromatic heterocycles. The maximum absolute atomic E-state index is 5.86. The number of alkyl halides is 1. The first kappa shape index (κ1) is 13.6. The Bertz CT molecular complexity index is 564. The summed E-state index contributed by atoms with van der Waals surface area (Å²) in [5.41, 5.74) is 3.69. The van der Waals surface area contributed by atoms with E-state index in [1.54, 1.807) is 0 Å². The van der Waals surface area contributed by atoms with Crippen LogP contribution in [0.25, 0.3) is 0 Å². The van der Waals surface area contributed by atoms with Gasteiger partial charge < -0.3 is 4.74 Å². The van der Waals surface area contributed by atoms with Crippen molar-refractivity contribution in [2.75, 3.05) is 0 Å². The lowest BCUT2D eigenvalue weighted by Gasteiger charge is -2.09. The van der Waals surface area contributed by atoms with Crippen molar-refractivity contribution in [2.24, 2.45) is 0 Å². The van der Waals surface area contributed by atoms with Gasteiger partial charge in [-0.1, -0.05) is 37.9 Å². The summed E-state index contributed by atoms with van der Waals surface area (Å²) < 4.78 is 6.96. The van der Waals surface area contributed by atoms with Crippen LogP contribution in [0.1, 0.15) is 16.7 Å². The van der Waals surface area contributed by atoms with Crippen molar-refractivity contribution in [3.63, 3.8) is 0 Å². The Hall–Kier alpha value is -0.800. The van der Waals surface area contributed by atoms with Crippen LogP contribution in [-0.2, 0) is 5.33 Å². The zero-order valence-corrected chi connectivity index (χ0v) is 13.5. The third kappa shape index (κ3) is 3.15. The summed E-state index contributed by atoms with van der Waals surface area (Å²) >= 11 is 6.96. The maximum atomic E-state index is 5.86. The van der Waals surface area contributed by atoms with Crippen molar-refractivity contribution in [3.8, 4) is 11.5 Å². The molecule has 0 aliphatic rings. The van der Waals surface area contributed by atoms with Gasteiger partial charge in [0.05, 0.1) is 0 Å². The molecule has 0 saturated heterocycles. The first-order valence-corrected chi connectivity index (χ1v) is 7.61. The molecule has 0 saturated carbocycles. The second kappa shape index (κ2) is 5.89. The standard InChI is InChI=1S/C15H14Br2O/c1-10-7-13(4-3-12(10)9-16)18-14-5-6-15(17)11(2)8-14/h3-8H,9H2,1-2H3. The fourth-order valence-corrected chi connectivity index (χ4v) is 2.57. The number of ether oxygens (including phenoxy) is 1. The van der Waals surface area contributed by atoms with Crippen LogP contribution in [0.4, 0.5) is 0 Å². The van der Waals surface area contributed by atoms with Crippen molar-refractivity contribution in [3.05, 3.63) is 57.6 Å². The molecule has 0 N–H and O–H groups in total. The van der Waals surface area contributed by atoms with Crippen LogP contribution in [-0.4, -0.2) is 0 Å². The number of rotatable bonds is 3. The minimum absolute atomic E-state index is 0.863. The van der Waals surface area contributed by atoms with Crippen molar-refractivity contribution < 1.29 is 4.74 Å². The highest BCUT2D eigenvalue weighted by Crippen LogP contribution is 2.27. The summed E-state index contributed by atoms with van der Waals surface area (Å²) in [6.45, 7) is 4.15. The minimum Gasteiger partial charge on any atom is -0.457 e. The molecule has 0 aliphatic carbocycles. The molecule has 0 spiro atoms. The first-order valence-electron chi connectivity index (χ1n) is 5.69. The zero-order chi connectivity index (χ0) is 13.1. The predicted octanol–water partition coefficient (Wildman–Crippen LogP) is 5.75. The molecule has 3 heteroatoms. The summed E-state index contributed by atoms with van der Waals surface area (Å²) in [6, 6.07) is 12.1. The first-order chi connectivity index (χ1) is 8.60. The number of aryl methyl sites for hydroxylation is 2. The van der Waals surface area contributed by atoms with Crippen molar-refractivity contribution in [2.45, 2.75) is 19.2 Å². The molecule has 0 heterocycles. The van der Waals surface area contributed by atoms with Gasteiger partial charge in [0.1, 0.15) is 11.5 Å². The van der Waals surface area contributed by atoms with Gasteiger partial charge in [0.25, 0.3) is 0 Å². The highest BCUT2D eigenvalue weighted by atomic mass is 79.9. The van der Waals surface area contributed by atoms with Crippen LogP contribution in [0, 0.1) is 13.8 Å². The lowest BCUT2D eigenvalue weighted by molar-refractivity contribution is 0.481. The Kier molecular flexibility index (Phi) is 4.46. The van der Waals surface area contributed by atoms with Crippen molar-refractivity contribution in [1.29, 1.82) is 0 Å². The second-order valence-corrected chi connectivity index (χ2v) is 5.65. The van der Waals surface area contributed by atoms with E-state index in [0.717, 1.165) is 21.3 Å². The molecule has 94 valence electrons. The molecule has 18 heavy (non-hydrogen) atoms. The maximum Gasteiger partial charge on any atom is 0.127 e. The largest absolute Gasteiger partial charge is 0.457 e. The Morgan fingerprint density at radius 1 is 0.944 bits per heavy atom. The molecular weight excluding hydrogens is 356 g/mol. The molecule has 2 aromatic carbocycles. The molecule has 2 aromatic rings. The van der Waals surface area contributed by atoms with E-state index in [0.29, 0.717) is 0 Å². The predicted molar refractivity (Wildman–Crippen MR) is 82.8 cm³/mol. The average molecular weight is 370 g/mol. The summed E-state index contributed by atoms with van der Waals surface area (Å²) in [4.78, 5) is 0. The van der Waals surface area contributed by atoms with Crippen LogP contribution in [0.2, 0.25) is 0 Å². The second-order valence-electron chi connectivity index (χ2n) is 4.23. The van der Waals surface area contributed by atoms with Crippen LogP contribution in [0.3, 0.4) is 0 Å². The fourth-order valence-electron chi connectivity index (χ4n) is 1.70. The smallest absolute Gasteiger partial charge is 0.127 e. The Morgan fingerprint density at radius 3 is 2.11 bits per heavy atom. The van der Waals surface area contributed by atoms with Crippen LogP contribution in [0.5, 0.6) is 11.5 Å². The van der Waals surface area contributed by atoms with Crippen LogP contribution >= 0.6 is 31.9 Å². The molecule has 0 amide bonds. The number of hydrogen-bond donors (Lipinski definition) is 0. The normalized spacial score (nSPS) is 10.4. The van der Waals surface area contributed by atoms with E-state index in [9.17, 15) is 0 Å². The van der Waals surface area contributed by atoms with E-state index >= 15 is 0 Å². The summed E-state index contributed by atoms with van der Waals surface area (Å²) in [6.07, 6.45) is 0. The molecule has 0 fully saturated rings. The van der Waals surface area contributed by atoms with Crippen molar-refractivity contribution in [1.82, 2.24) is 0 Å². The van der Waals surface area contributed by atoms with Gasteiger partial charge in [-0.15, -0.1) is 0 Å². The SMILES string of the molecule is Cc1cc(Oc2ccc(CBr)c(C)c2)ccc1Br. The highest BCUT2D eigenvalue weighted by molar-refractivity contribution is 9.10. The third-order valence-electron chi connectivity index (χ3n) is 2.82. The zero-order valence-electron chi connectivity index (χ0n) is 10.3. The molecule has 2 rings (SSSR count). The molecule has 0 unspecified atom stereocenters. The van der Waals surface area contributed by atoms with E-state index in [4.69, 9.17) is 4.74 Å². The average Bonchev–Trinajstić information content (AvgIpc) is 2.34. The third-order valence-corrected chi connectivity index (χ3v) is 4.32. The highest BCUT2D eigenvalue weighted by Gasteiger charge is 2.03. The van der Waals surface area contributed by atoms with E-state index in [2.05, 4.69) is 57.8 Å². The van der Waals surface area contributed by atoms with Crippen LogP contribution < -0.4 is 4.74 Å². The monoisotopic (exact) mass is 368 g/mol. The Balaban J connectivity index is 2.23. The number of hydrogen-bond acceptors (Lipinski definition) is 1. The summed E-state index contributed by atoms with van der Waals surface area (Å²) in [7, 11) is 0. The number of halogens is 2. The molecule has 0 aliphatic heterocycles. The quantitative estimate of drug-likeness (QED) is 0.625. The van der Waals surface area contributed by atoms with Gasteiger partial charge in [0, 0.05) is 9.80 Å². The van der Waals surface area contributed by atoms with Gasteiger partial charge in [-0.3, -0.25) is 0 Å². The summed E-state index contributed by atoms with van der Waals surface area (Å²) in [5, 5.41) is 0.872. The van der Waals surface area contributed by atoms with E-state index in [1.165, 1.54) is 16.7 Å². The molecular formula is C15H14Br2O. The molecule has 0 radical (unpaired) electrons. The lowest BCUT2D eigenvalue weighted by Crippen LogP contribution is -1.89. The topological polar surface area (TPSA) is 9.23 Å². The van der Waals surface area contributed by atoms with Crippen molar-refractivity contribution >= 4 is 31.9 Å². The van der Waals surface area contributed by atoms with Gasteiger partial charge in [0.15, 0.2) is 0 Å². The van der Waals surface area contributed by atoms with Gasteiger partial charge >= 0.3 is 0 Å². The molecule has 1 nitrogen and oxygen atoms in total. The van der Waals surface area contributed by atoms with Gasteiger partial charge in [0.2, 0.25) is 0 Å². The molecule has 0 atom stereocenters.